The van der Waals surface area contributed by atoms with Crippen molar-refractivity contribution in [1.82, 2.24) is 5.32 Å². The molecule has 1 saturated carbocycles. The molecule has 12 heavy (non-hydrogen) atoms. The van der Waals surface area contributed by atoms with E-state index in [0.29, 0.717) is 22.6 Å². The predicted octanol–water partition coefficient (Wildman–Crippen LogP) is 1.48. The van der Waals surface area contributed by atoms with E-state index < -0.39 is 0 Å². The van der Waals surface area contributed by atoms with Gasteiger partial charge in [-0.15, -0.1) is 0 Å². The first-order valence-electron chi connectivity index (χ1n) is 4.69. The lowest BCUT2D eigenvalue weighted by Crippen LogP contribution is -2.53. The van der Waals surface area contributed by atoms with Gasteiger partial charge >= 0.3 is 0 Å². The summed E-state index contributed by atoms with van der Waals surface area (Å²) in [6, 6.07) is 0.417. The largest absolute Gasteiger partial charge is 0.312 e. The quantitative estimate of drug-likeness (QED) is 0.641. The van der Waals surface area contributed by atoms with E-state index in [4.69, 9.17) is 0 Å². The standard InChI is InChI=1S/C9H14BrNO/c10-7-3-1-2-6-8(12)4-5-11-9(6)7/h6-7,9,11H,1-5H2. The summed E-state index contributed by atoms with van der Waals surface area (Å²) in [4.78, 5) is 12.0. The van der Waals surface area contributed by atoms with Crippen LogP contribution in [0.2, 0.25) is 0 Å². The zero-order chi connectivity index (χ0) is 8.55. The first-order valence-corrected chi connectivity index (χ1v) is 5.61. The summed E-state index contributed by atoms with van der Waals surface area (Å²) in [5, 5.41) is 3.43. The van der Waals surface area contributed by atoms with E-state index in [9.17, 15) is 4.79 Å². The van der Waals surface area contributed by atoms with Crippen LogP contribution in [-0.2, 0) is 4.79 Å². The van der Waals surface area contributed by atoms with Crippen LogP contribution in [0.4, 0.5) is 0 Å². The first kappa shape index (κ1) is 8.70. The number of piperidine rings is 1. The fraction of sp³-hybridized carbons (Fsp3) is 0.889. The number of carbonyl (C=O) groups excluding carboxylic acids is 1. The van der Waals surface area contributed by atoms with Crippen LogP contribution >= 0.6 is 15.9 Å². The number of hydrogen-bond acceptors (Lipinski definition) is 2. The zero-order valence-corrected chi connectivity index (χ0v) is 8.64. The Morgan fingerprint density at radius 3 is 3.00 bits per heavy atom. The van der Waals surface area contributed by atoms with Gasteiger partial charge in [0, 0.05) is 29.8 Å². The maximum Gasteiger partial charge on any atom is 0.138 e. The average Bonchev–Trinajstić information content (AvgIpc) is 2.07. The molecule has 2 aliphatic rings. The summed E-state index contributed by atoms with van der Waals surface area (Å²) < 4.78 is 0. The molecule has 0 aromatic carbocycles. The van der Waals surface area contributed by atoms with Crippen molar-refractivity contribution in [3.8, 4) is 0 Å². The van der Waals surface area contributed by atoms with E-state index in [-0.39, 0.29) is 0 Å². The molecule has 3 atom stereocenters. The number of hydrogen-bond donors (Lipinski definition) is 1. The molecule has 1 heterocycles. The van der Waals surface area contributed by atoms with Crippen LogP contribution in [0.5, 0.6) is 0 Å². The van der Waals surface area contributed by atoms with Crippen molar-refractivity contribution in [1.29, 1.82) is 0 Å². The van der Waals surface area contributed by atoms with Gasteiger partial charge < -0.3 is 5.32 Å². The summed E-state index contributed by atoms with van der Waals surface area (Å²) in [5.41, 5.74) is 0. The topological polar surface area (TPSA) is 29.1 Å². The molecule has 1 aliphatic heterocycles. The highest BCUT2D eigenvalue weighted by molar-refractivity contribution is 9.09. The van der Waals surface area contributed by atoms with Crippen molar-refractivity contribution in [2.75, 3.05) is 6.54 Å². The van der Waals surface area contributed by atoms with Crippen LogP contribution in [0.3, 0.4) is 0 Å². The molecule has 3 heteroatoms. The highest BCUT2D eigenvalue weighted by atomic mass is 79.9. The summed E-state index contributed by atoms with van der Waals surface area (Å²) in [5.74, 6) is 0.778. The molecule has 0 bridgehead atoms. The number of rotatable bonds is 0. The molecule has 2 fully saturated rings. The molecule has 0 aromatic heterocycles. The van der Waals surface area contributed by atoms with Gasteiger partial charge in [-0.2, -0.15) is 0 Å². The van der Waals surface area contributed by atoms with Crippen molar-refractivity contribution in [3.05, 3.63) is 0 Å². The van der Waals surface area contributed by atoms with Gasteiger partial charge in [0.15, 0.2) is 0 Å². The Morgan fingerprint density at radius 1 is 1.42 bits per heavy atom. The third kappa shape index (κ3) is 1.44. The van der Waals surface area contributed by atoms with Crippen LogP contribution in [0.25, 0.3) is 0 Å². The molecule has 0 spiro atoms. The molecule has 0 amide bonds. The van der Waals surface area contributed by atoms with Crippen LogP contribution in [0, 0.1) is 5.92 Å². The van der Waals surface area contributed by atoms with Crippen molar-refractivity contribution in [2.24, 2.45) is 5.92 Å². The molecule has 2 rings (SSSR count). The number of fused-ring (bicyclic) bond motifs is 1. The Morgan fingerprint density at radius 2 is 2.25 bits per heavy atom. The minimum absolute atomic E-state index is 0.303. The van der Waals surface area contributed by atoms with E-state index in [1.807, 2.05) is 0 Å². The van der Waals surface area contributed by atoms with Crippen LogP contribution < -0.4 is 5.32 Å². The molecular weight excluding hydrogens is 218 g/mol. The predicted molar refractivity (Wildman–Crippen MR) is 51.5 cm³/mol. The Balaban J connectivity index is 2.10. The molecular formula is C9H14BrNO. The van der Waals surface area contributed by atoms with Gasteiger partial charge in [-0.3, -0.25) is 4.79 Å². The first-order chi connectivity index (χ1) is 5.79. The lowest BCUT2D eigenvalue weighted by atomic mass is 9.79. The van der Waals surface area contributed by atoms with Crippen molar-refractivity contribution in [3.63, 3.8) is 0 Å². The SMILES string of the molecule is O=C1CCNC2C(Br)CCCC12. The molecule has 1 saturated heterocycles. The monoisotopic (exact) mass is 231 g/mol. The molecule has 1 N–H and O–H groups in total. The Kier molecular flexibility index (Phi) is 2.51. The van der Waals surface area contributed by atoms with Gasteiger partial charge in [-0.05, 0) is 12.8 Å². The van der Waals surface area contributed by atoms with E-state index in [0.717, 1.165) is 19.4 Å². The second-order valence-corrected chi connectivity index (χ2v) is 4.93. The van der Waals surface area contributed by atoms with Crippen LogP contribution in [0.15, 0.2) is 0 Å². The average molecular weight is 232 g/mol. The second kappa shape index (κ2) is 3.46. The number of nitrogens with one attached hydrogen (secondary N) is 1. The molecule has 0 aromatic rings. The number of ketones is 1. The van der Waals surface area contributed by atoms with Gasteiger partial charge in [-0.25, -0.2) is 0 Å². The van der Waals surface area contributed by atoms with Crippen molar-refractivity contribution < 1.29 is 4.79 Å². The van der Waals surface area contributed by atoms with Gasteiger partial charge in [0.25, 0.3) is 0 Å². The summed E-state index contributed by atoms with van der Waals surface area (Å²) >= 11 is 3.64. The van der Waals surface area contributed by atoms with E-state index >= 15 is 0 Å². The minimum atomic E-state index is 0.303. The van der Waals surface area contributed by atoms with Gasteiger partial charge in [0.05, 0.1) is 0 Å². The van der Waals surface area contributed by atoms with Gasteiger partial charge in [0.2, 0.25) is 0 Å². The number of carbonyl (C=O) groups is 1. The van der Waals surface area contributed by atoms with Crippen LogP contribution in [0.1, 0.15) is 25.7 Å². The van der Waals surface area contributed by atoms with Gasteiger partial charge in [0.1, 0.15) is 5.78 Å². The number of Topliss-reactive ketones (excluding diaryl/α,β-unsaturated/α-hetero) is 1. The lowest BCUT2D eigenvalue weighted by molar-refractivity contribution is -0.126. The van der Waals surface area contributed by atoms with E-state index in [1.54, 1.807) is 0 Å². The Bertz CT molecular complexity index is 195. The maximum atomic E-state index is 11.5. The highest BCUT2D eigenvalue weighted by Gasteiger charge is 2.37. The number of halogens is 1. The fourth-order valence-corrected chi connectivity index (χ4v) is 3.20. The van der Waals surface area contributed by atoms with E-state index in [2.05, 4.69) is 21.2 Å². The zero-order valence-electron chi connectivity index (χ0n) is 7.05. The number of alkyl halides is 1. The van der Waals surface area contributed by atoms with E-state index in [1.165, 1.54) is 12.8 Å². The third-order valence-corrected chi connectivity index (χ3v) is 4.01. The normalized spacial score (nSPS) is 42.4. The fourth-order valence-electron chi connectivity index (χ4n) is 2.32. The highest BCUT2D eigenvalue weighted by Crippen LogP contribution is 2.32. The molecule has 0 radical (unpaired) electrons. The molecule has 2 nitrogen and oxygen atoms in total. The summed E-state index contributed by atoms with van der Waals surface area (Å²) in [7, 11) is 0. The van der Waals surface area contributed by atoms with Gasteiger partial charge in [-0.1, -0.05) is 22.4 Å². The molecule has 3 unspecified atom stereocenters. The molecule has 1 aliphatic carbocycles. The Labute approximate surface area is 81.2 Å². The Hall–Kier alpha value is 0.110. The molecule has 68 valence electrons. The maximum absolute atomic E-state index is 11.5. The third-order valence-electron chi connectivity index (χ3n) is 2.98. The lowest BCUT2D eigenvalue weighted by Gasteiger charge is -2.38. The smallest absolute Gasteiger partial charge is 0.138 e. The summed E-state index contributed by atoms with van der Waals surface area (Å²) in [6.45, 7) is 0.877. The minimum Gasteiger partial charge on any atom is -0.312 e. The van der Waals surface area contributed by atoms with Crippen LogP contribution in [-0.4, -0.2) is 23.2 Å². The summed E-state index contributed by atoms with van der Waals surface area (Å²) in [6.07, 6.45) is 4.24. The second-order valence-electron chi connectivity index (χ2n) is 3.75. The van der Waals surface area contributed by atoms with Crippen molar-refractivity contribution in [2.45, 2.75) is 36.6 Å². The van der Waals surface area contributed by atoms with Crippen molar-refractivity contribution >= 4 is 21.7 Å².